The second-order valence-electron chi connectivity index (χ2n) is 6.28. The first-order chi connectivity index (χ1) is 8.93. The third-order valence-electron chi connectivity index (χ3n) is 4.19. The maximum absolute atomic E-state index is 12.1. The fourth-order valence-corrected chi connectivity index (χ4v) is 2.89. The summed E-state index contributed by atoms with van der Waals surface area (Å²) in [5.74, 6) is -0.420. The van der Waals surface area contributed by atoms with E-state index in [9.17, 15) is 9.59 Å². The van der Waals surface area contributed by atoms with Gasteiger partial charge in [-0.2, -0.15) is 0 Å². The molecule has 1 unspecified atom stereocenters. The SMILES string of the molecule is CC1(C)CCCCC1C(=O)NCCCCCC(=O)O. The van der Waals surface area contributed by atoms with Gasteiger partial charge in [-0.05, 0) is 31.1 Å². The van der Waals surface area contributed by atoms with Crippen molar-refractivity contribution in [3.63, 3.8) is 0 Å². The zero-order valence-electron chi connectivity index (χ0n) is 12.2. The maximum Gasteiger partial charge on any atom is 0.303 e. The van der Waals surface area contributed by atoms with Crippen LogP contribution < -0.4 is 5.32 Å². The fourth-order valence-electron chi connectivity index (χ4n) is 2.89. The van der Waals surface area contributed by atoms with Crippen LogP contribution in [0.15, 0.2) is 0 Å². The highest BCUT2D eigenvalue weighted by Crippen LogP contribution is 2.40. The minimum Gasteiger partial charge on any atom is -0.481 e. The van der Waals surface area contributed by atoms with Crippen molar-refractivity contribution < 1.29 is 14.7 Å². The molecule has 0 saturated heterocycles. The van der Waals surface area contributed by atoms with Crippen molar-refractivity contribution in [1.29, 1.82) is 0 Å². The van der Waals surface area contributed by atoms with Crippen molar-refractivity contribution >= 4 is 11.9 Å². The van der Waals surface area contributed by atoms with E-state index in [0.29, 0.717) is 13.0 Å². The van der Waals surface area contributed by atoms with Crippen molar-refractivity contribution in [2.24, 2.45) is 11.3 Å². The first kappa shape index (κ1) is 16.0. The Morgan fingerprint density at radius 3 is 2.58 bits per heavy atom. The molecule has 4 nitrogen and oxygen atoms in total. The number of carbonyl (C=O) groups excluding carboxylic acids is 1. The molecule has 0 aromatic carbocycles. The summed E-state index contributed by atoms with van der Waals surface area (Å²) in [6, 6.07) is 0. The number of hydrogen-bond donors (Lipinski definition) is 2. The lowest BCUT2D eigenvalue weighted by Gasteiger charge is -2.37. The summed E-state index contributed by atoms with van der Waals surface area (Å²) in [6.07, 6.45) is 7.16. The molecule has 0 bridgehead atoms. The van der Waals surface area contributed by atoms with Crippen LogP contribution in [0.25, 0.3) is 0 Å². The zero-order chi connectivity index (χ0) is 14.3. The Morgan fingerprint density at radius 2 is 1.95 bits per heavy atom. The molecule has 0 aromatic rings. The van der Waals surface area contributed by atoms with E-state index in [4.69, 9.17) is 5.11 Å². The van der Waals surface area contributed by atoms with Gasteiger partial charge < -0.3 is 10.4 Å². The zero-order valence-corrected chi connectivity index (χ0v) is 12.2. The van der Waals surface area contributed by atoms with Crippen molar-refractivity contribution in [3.05, 3.63) is 0 Å². The molecule has 1 amide bonds. The lowest BCUT2D eigenvalue weighted by molar-refractivity contribution is -0.137. The van der Waals surface area contributed by atoms with E-state index in [1.165, 1.54) is 6.42 Å². The lowest BCUT2D eigenvalue weighted by atomic mass is 9.68. The molecule has 0 spiro atoms. The van der Waals surface area contributed by atoms with E-state index >= 15 is 0 Å². The summed E-state index contributed by atoms with van der Waals surface area (Å²) in [5.41, 5.74) is 0.117. The normalized spacial score (nSPS) is 21.9. The van der Waals surface area contributed by atoms with Crippen LogP contribution in [0.2, 0.25) is 0 Å². The number of amides is 1. The molecule has 110 valence electrons. The van der Waals surface area contributed by atoms with Crippen LogP contribution in [0.4, 0.5) is 0 Å². The molecule has 2 N–H and O–H groups in total. The molecule has 1 atom stereocenters. The highest BCUT2D eigenvalue weighted by molar-refractivity contribution is 5.79. The highest BCUT2D eigenvalue weighted by Gasteiger charge is 2.36. The predicted octanol–water partition coefficient (Wildman–Crippen LogP) is 2.96. The van der Waals surface area contributed by atoms with Crippen LogP contribution >= 0.6 is 0 Å². The molecular weight excluding hydrogens is 242 g/mol. The number of aliphatic carboxylic acids is 1. The molecule has 4 heteroatoms. The molecule has 1 fully saturated rings. The van der Waals surface area contributed by atoms with Gasteiger partial charge in [0.15, 0.2) is 0 Å². The molecule has 19 heavy (non-hydrogen) atoms. The number of carbonyl (C=O) groups is 2. The first-order valence-corrected chi connectivity index (χ1v) is 7.43. The number of carboxylic acid groups (broad SMARTS) is 1. The van der Waals surface area contributed by atoms with Crippen molar-refractivity contribution in [3.8, 4) is 0 Å². The van der Waals surface area contributed by atoms with E-state index in [1.54, 1.807) is 0 Å². The quantitative estimate of drug-likeness (QED) is 0.698. The van der Waals surface area contributed by atoms with Crippen LogP contribution in [0.5, 0.6) is 0 Å². The number of nitrogens with one attached hydrogen (secondary N) is 1. The van der Waals surface area contributed by atoms with Gasteiger partial charge >= 0.3 is 5.97 Å². The summed E-state index contributed by atoms with van der Waals surface area (Å²) in [6.45, 7) is 5.04. The highest BCUT2D eigenvalue weighted by atomic mass is 16.4. The summed E-state index contributed by atoms with van der Waals surface area (Å²) in [5, 5.41) is 11.5. The van der Waals surface area contributed by atoms with Gasteiger partial charge in [-0.3, -0.25) is 9.59 Å². The average Bonchev–Trinajstić information content (AvgIpc) is 2.32. The Balaban J connectivity index is 2.18. The molecule has 0 aliphatic heterocycles. The summed E-state index contributed by atoms with van der Waals surface area (Å²) in [7, 11) is 0. The number of carboxylic acids is 1. The third-order valence-corrected chi connectivity index (χ3v) is 4.19. The largest absolute Gasteiger partial charge is 0.481 e. The Morgan fingerprint density at radius 1 is 1.21 bits per heavy atom. The van der Waals surface area contributed by atoms with Crippen LogP contribution in [-0.4, -0.2) is 23.5 Å². The minimum absolute atomic E-state index is 0.117. The Labute approximate surface area is 116 Å². The fraction of sp³-hybridized carbons (Fsp3) is 0.867. The van der Waals surface area contributed by atoms with Crippen molar-refractivity contribution in [2.45, 2.75) is 65.2 Å². The standard InChI is InChI=1S/C15H27NO3/c1-15(2)10-6-5-8-12(15)14(19)16-11-7-3-4-9-13(17)18/h12H,3-11H2,1-2H3,(H,16,19)(H,17,18). The van der Waals surface area contributed by atoms with Gasteiger partial charge in [0.05, 0.1) is 0 Å². The van der Waals surface area contributed by atoms with Crippen molar-refractivity contribution in [1.82, 2.24) is 5.32 Å². The predicted molar refractivity (Wildman–Crippen MR) is 74.9 cm³/mol. The number of unbranched alkanes of at least 4 members (excludes halogenated alkanes) is 2. The van der Waals surface area contributed by atoms with Gasteiger partial charge in [-0.25, -0.2) is 0 Å². The minimum atomic E-state index is -0.743. The summed E-state index contributed by atoms with van der Waals surface area (Å²) >= 11 is 0. The molecule has 1 aliphatic rings. The molecule has 1 aliphatic carbocycles. The van der Waals surface area contributed by atoms with Crippen LogP contribution in [0.1, 0.15) is 65.2 Å². The van der Waals surface area contributed by atoms with E-state index in [-0.39, 0.29) is 23.7 Å². The van der Waals surface area contributed by atoms with Gasteiger partial charge in [0.1, 0.15) is 0 Å². The Bertz CT molecular complexity index is 313. The summed E-state index contributed by atoms with van der Waals surface area (Å²) in [4.78, 5) is 22.5. The van der Waals surface area contributed by atoms with E-state index < -0.39 is 5.97 Å². The Kier molecular flexibility index (Phi) is 6.32. The van der Waals surface area contributed by atoms with Gasteiger partial charge in [-0.1, -0.05) is 33.1 Å². The van der Waals surface area contributed by atoms with E-state index in [1.807, 2.05) is 0 Å². The smallest absolute Gasteiger partial charge is 0.303 e. The third kappa shape index (κ3) is 5.62. The number of rotatable bonds is 7. The average molecular weight is 269 g/mol. The van der Waals surface area contributed by atoms with Crippen molar-refractivity contribution in [2.75, 3.05) is 6.54 Å². The van der Waals surface area contributed by atoms with Gasteiger partial charge in [-0.15, -0.1) is 0 Å². The monoisotopic (exact) mass is 269 g/mol. The number of hydrogen-bond acceptors (Lipinski definition) is 2. The molecule has 0 radical (unpaired) electrons. The van der Waals surface area contributed by atoms with Crippen LogP contribution in [0.3, 0.4) is 0 Å². The van der Waals surface area contributed by atoms with Crippen LogP contribution in [-0.2, 0) is 9.59 Å². The van der Waals surface area contributed by atoms with E-state index in [0.717, 1.165) is 32.1 Å². The molecule has 1 saturated carbocycles. The van der Waals surface area contributed by atoms with Gasteiger partial charge in [0, 0.05) is 18.9 Å². The molecular formula is C15H27NO3. The molecule has 0 aromatic heterocycles. The van der Waals surface area contributed by atoms with Gasteiger partial charge in [0.25, 0.3) is 0 Å². The van der Waals surface area contributed by atoms with Crippen LogP contribution in [0, 0.1) is 11.3 Å². The summed E-state index contributed by atoms with van der Waals surface area (Å²) < 4.78 is 0. The van der Waals surface area contributed by atoms with Gasteiger partial charge in [0.2, 0.25) is 5.91 Å². The van der Waals surface area contributed by atoms with E-state index in [2.05, 4.69) is 19.2 Å². The second-order valence-corrected chi connectivity index (χ2v) is 6.28. The topological polar surface area (TPSA) is 66.4 Å². The Hall–Kier alpha value is -1.06. The lowest BCUT2D eigenvalue weighted by Crippen LogP contribution is -2.41. The maximum atomic E-state index is 12.1. The second kappa shape index (κ2) is 7.51. The molecule has 1 rings (SSSR count). The molecule has 0 heterocycles. The first-order valence-electron chi connectivity index (χ1n) is 7.43.